The Morgan fingerprint density at radius 2 is 1.89 bits per heavy atom. The van der Waals surface area contributed by atoms with E-state index in [0.29, 0.717) is 19.3 Å². The maximum Gasteiger partial charge on any atom is 0.289 e. The summed E-state index contributed by atoms with van der Waals surface area (Å²) in [5.74, 6) is -0.532. The van der Waals surface area contributed by atoms with Gasteiger partial charge in [0.15, 0.2) is 0 Å². The van der Waals surface area contributed by atoms with Crippen LogP contribution >= 0.6 is 11.6 Å². The number of hydrogen-bond donors (Lipinski definition) is 1. The van der Waals surface area contributed by atoms with Gasteiger partial charge in [0.25, 0.3) is 5.69 Å². The summed E-state index contributed by atoms with van der Waals surface area (Å²) in [5.41, 5.74) is -0.152. The standard InChI is InChI=1S/C18H18ClN3O5S/c19-15-10-9-13(12-17(15)22(24)25)20-18(23)16-8-4-5-11-21(16)28(26,27)14-6-2-1-3-7-14/h1-3,6-7,9-10,12,16H,4-5,8,11H2,(H,20,23). The van der Waals surface area contributed by atoms with Crippen molar-refractivity contribution in [3.05, 3.63) is 63.7 Å². The summed E-state index contributed by atoms with van der Waals surface area (Å²) in [4.78, 5) is 23.3. The number of carbonyl (C=O) groups is 1. The molecule has 0 saturated carbocycles. The molecule has 1 N–H and O–H groups in total. The lowest BCUT2D eigenvalue weighted by atomic mass is 10.0. The third-order valence-electron chi connectivity index (χ3n) is 4.52. The summed E-state index contributed by atoms with van der Waals surface area (Å²) >= 11 is 5.79. The number of nitro benzene ring substituents is 1. The molecule has 0 aliphatic carbocycles. The molecule has 1 amide bonds. The molecule has 1 heterocycles. The fraction of sp³-hybridized carbons (Fsp3) is 0.278. The third-order valence-corrected chi connectivity index (χ3v) is 6.76. The van der Waals surface area contributed by atoms with Crippen molar-refractivity contribution in [1.82, 2.24) is 4.31 Å². The SMILES string of the molecule is O=C(Nc1ccc(Cl)c([N+](=O)[O-])c1)C1CCCCN1S(=O)(=O)c1ccccc1. The molecule has 1 atom stereocenters. The zero-order valence-electron chi connectivity index (χ0n) is 14.7. The second-order valence-electron chi connectivity index (χ2n) is 6.35. The van der Waals surface area contributed by atoms with Crippen LogP contribution in [0.25, 0.3) is 0 Å². The molecule has 3 rings (SSSR count). The highest BCUT2D eigenvalue weighted by atomic mass is 35.5. The van der Waals surface area contributed by atoms with Gasteiger partial charge in [-0.15, -0.1) is 0 Å². The van der Waals surface area contributed by atoms with E-state index in [1.807, 2.05) is 0 Å². The van der Waals surface area contributed by atoms with Crippen LogP contribution in [0.4, 0.5) is 11.4 Å². The van der Waals surface area contributed by atoms with E-state index in [-0.39, 0.29) is 27.8 Å². The lowest BCUT2D eigenvalue weighted by molar-refractivity contribution is -0.384. The van der Waals surface area contributed by atoms with E-state index in [4.69, 9.17) is 11.6 Å². The first kappa shape index (κ1) is 20.2. The van der Waals surface area contributed by atoms with Crippen molar-refractivity contribution >= 4 is 38.9 Å². The maximum atomic E-state index is 13.0. The highest BCUT2D eigenvalue weighted by Gasteiger charge is 2.37. The number of sulfonamides is 1. The Labute approximate surface area is 167 Å². The zero-order valence-corrected chi connectivity index (χ0v) is 16.3. The summed E-state index contributed by atoms with van der Waals surface area (Å²) in [6.45, 7) is 0.232. The van der Waals surface area contributed by atoms with E-state index in [2.05, 4.69) is 5.32 Å². The Morgan fingerprint density at radius 3 is 2.57 bits per heavy atom. The van der Waals surface area contributed by atoms with Gasteiger partial charge >= 0.3 is 0 Å². The Morgan fingerprint density at radius 1 is 1.18 bits per heavy atom. The number of piperidine rings is 1. The van der Waals surface area contributed by atoms with Gasteiger partial charge in [-0.3, -0.25) is 14.9 Å². The van der Waals surface area contributed by atoms with Crippen LogP contribution in [-0.2, 0) is 14.8 Å². The van der Waals surface area contributed by atoms with Crippen LogP contribution in [-0.4, -0.2) is 36.1 Å². The number of hydrogen-bond acceptors (Lipinski definition) is 5. The molecule has 1 saturated heterocycles. The molecule has 1 aliphatic heterocycles. The second kappa shape index (κ2) is 8.26. The van der Waals surface area contributed by atoms with Crippen molar-refractivity contribution < 1.29 is 18.1 Å². The summed E-state index contributed by atoms with van der Waals surface area (Å²) in [6.07, 6.45) is 1.73. The Balaban J connectivity index is 1.85. The molecule has 1 aliphatic rings. The first-order valence-electron chi connectivity index (χ1n) is 8.62. The molecule has 2 aromatic carbocycles. The minimum Gasteiger partial charge on any atom is -0.324 e. The highest BCUT2D eigenvalue weighted by molar-refractivity contribution is 7.89. The lowest BCUT2D eigenvalue weighted by Gasteiger charge is -2.33. The number of carbonyl (C=O) groups excluding carboxylic acids is 1. The minimum absolute atomic E-state index is 0.0473. The van der Waals surface area contributed by atoms with Crippen molar-refractivity contribution in [2.45, 2.75) is 30.2 Å². The predicted octanol–water partition coefficient (Wildman–Crippen LogP) is 3.43. The second-order valence-corrected chi connectivity index (χ2v) is 8.65. The van der Waals surface area contributed by atoms with Gasteiger partial charge in [0.05, 0.1) is 9.82 Å². The molecule has 8 nitrogen and oxygen atoms in total. The third kappa shape index (κ3) is 4.16. The fourth-order valence-electron chi connectivity index (χ4n) is 3.14. The molecule has 1 unspecified atom stereocenters. The molecule has 1 fully saturated rings. The van der Waals surface area contributed by atoms with Gasteiger partial charge < -0.3 is 5.32 Å². The molecule has 10 heteroatoms. The lowest BCUT2D eigenvalue weighted by Crippen LogP contribution is -2.49. The van der Waals surface area contributed by atoms with E-state index < -0.39 is 26.9 Å². The Hall–Kier alpha value is -2.49. The van der Waals surface area contributed by atoms with Crippen molar-refractivity contribution in [2.24, 2.45) is 0 Å². The Bertz CT molecular complexity index is 998. The number of nitrogens with one attached hydrogen (secondary N) is 1. The van der Waals surface area contributed by atoms with Crippen molar-refractivity contribution in [2.75, 3.05) is 11.9 Å². The normalized spacial score (nSPS) is 17.8. The topological polar surface area (TPSA) is 110 Å². The van der Waals surface area contributed by atoms with E-state index in [0.717, 1.165) is 6.07 Å². The van der Waals surface area contributed by atoms with Crippen LogP contribution in [0.1, 0.15) is 19.3 Å². The van der Waals surface area contributed by atoms with Crippen LogP contribution < -0.4 is 5.32 Å². The number of halogens is 1. The maximum absolute atomic E-state index is 13.0. The largest absolute Gasteiger partial charge is 0.324 e. The fourth-order valence-corrected chi connectivity index (χ4v) is 5.00. The minimum atomic E-state index is -3.83. The van der Waals surface area contributed by atoms with Crippen LogP contribution in [0.5, 0.6) is 0 Å². The predicted molar refractivity (Wildman–Crippen MR) is 105 cm³/mol. The van der Waals surface area contributed by atoms with Crippen LogP contribution in [0.15, 0.2) is 53.4 Å². The van der Waals surface area contributed by atoms with Crippen molar-refractivity contribution in [3.63, 3.8) is 0 Å². The highest BCUT2D eigenvalue weighted by Crippen LogP contribution is 2.29. The number of nitrogens with zero attached hydrogens (tertiary/aromatic N) is 2. The van der Waals surface area contributed by atoms with Gasteiger partial charge in [-0.05, 0) is 37.1 Å². The van der Waals surface area contributed by atoms with Crippen LogP contribution in [0, 0.1) is 10.1 Å². The number of nitro groups is 1. The van der Waals surface area contributed by atoms with Crippen LogP contribution in [0.2, 0.25) is 5.02 Å². The molecule has 0 aromatic heterocycles. The summed E-state index contributed by atoms with van der Waals surface area (Å²) in [7, 11) is -3.83. The molecule has 0 bridgehead atoms. The van der Waals surface area contributed by atoms with E-state index in [1.165, 1.54) is 28.6 Å². The first-order chi connectivity index (χ1) is 13.3. The molecule has 28 heavy (non-hydrogen) atoms. The Kier molecular flexibility index (Phi) is 5.97. The molecule has 2 aromatic rings. The van der Waals surface area contributed by atoms with Crippen molar-refractivity contribution in [1.29, 1.82) is 0 Å². The zero-order chi connectivity index (χ0) is 20.3. The summed E-state index contributed by atoms with van der Waals surface area (Å²) in [6, 6.07) is 10.9. The smallest absolute Gasteiger partial charge is 0.289 e. The van der Waals surface area contributed by atoms with Crippen molar-refractivity contribution in [3.8, 4) is 0 Å². The molecule has 0 spiro atoms. The summed E-state index contributed by atoms with van der Waals surface area (Å²) < 4.78 is 27.2. The van der Waals surface area contributed by atoms with Gasteiger partial charge in [-0.25, -0.2) is 8.42 Å². The summed E-state index contributed by atoms with van der Waals surface area (Å²) in [5, 5.41) is 13.6. The number of rotatable bonds is 5. The van der Waals surface area contributed by atoms with E-state index in [9.17, 15) is 23.3 Å². The average Bonchev–Trinajstić information content (AvgIpc) is 2.70. The molecule has 0 radical (unpaired) electrons. The quantitative estimate of drug-likeness (QED) is 0.585. The first-order valence-corrected chi connectivity index (χ1v) is 10.4. The monoisotopic (exact) mass is 423 g/mol. The van der Waals surface area contributed by atoms with Gasteiger partial charge in [0, 0.05) is 18.3 Å². The van der Waals surface area contributed by atoms with E-state index >= 15 is 0 Å². The number of amides is 1. The van der Waals surface area contributed by atoms with Gasteiger partial charge in [-0.2, -0.15) is 4.31 Å². The van der Waals surface area contributed by atoms with E-state index in [1.54, 1.807) is 18.2 Å². The average molecular weight is 424 g/mol. The molecular weight excluding hydrogens is 406 g/mol. The van der Waals surface area contributed by atoms with Gasteiger partial charge in [0.2, 0.25) is 15.9 Å². The molecular formula is C18H18ClN3O5S. The number of benzene rings is 2. The van der Waals surface area contributed by atoms with Crippen LogP contribution in [0.3, 0.4) is 0 Å². The number of anilines is 1. The van der Waals surface area contributed by atoms with Gasteiger partial charge in [0.1, 0.15) is 11.1 Å². The molecule has 148 valence electrons. The van der Waals surface area contributed by atoms with Gasteiger partial charge in [-0.1, -0.05) is 36.2 Å².